The van der Waals surface area contributed by atoms with Gasteiger partial charge in [-0.2, -0.15) is 0 Å². The first kappa shape index (κ1) is 12.7. The average Bonchev–Trinajstić information content (AvgIpc) is 2.61. The molecule has 0 fully saturated rings. The van der Waals surface area contributed by atoms with Crippen LogP contribution in [0.25, 0.3) is 0 Å². The Morgan fingerprint density at radius 3 is 2.75 bits per heavy atom. The predicted octanol–water partition coefficient (Wildman–Crippen LogP) is 1.58. The standard InChI is InChI=1S/C11H15NO3S/c1-8-5-6-9(16-8)3-2-4-10(13)12-7-11(14)15/h5-6H,2-4,7H2,1H3,(H,12,13)(H,14,15). The number of thiophene rings is 1. The lowest BCUT2D eigenvalue weighted by molar-refractivity contribution is -0.137. The molecule has 0 aliphatic heterocycles. The third-order valence-corrected chi connectivity index (χ3v) is 3.12. The van der Waals surface area contributed by atoms with Crippen LogP contribution in [0.15, 0.2) is 12.1 Å². The molecular formula is C11H15NO3S. The van der Waals surface area contributed by atoms with E-state index in [0.717, 1.165) is 12.8 Å². The Morgan fingerprint density at radius 2 is 2.19 bits per heavy atom. The number of aliphatic carboxylic acids is 1. The zero-order valence-electron chi connectivity index (χ0n) is 9.16. The van der Waals surface area contributed by atoms with Crippen LogP contribution in [0.1, 0.15) is 22.6 Å². The molecule has 4 nitrogen and oxygen atoms in total. The summed E-state index contributed by atoms with van der Waals surface area (Å²) in [6, 6.07) is 4.12. The summed E-state index contributed by atoms with van der Waals surface area (Å²) in [5, 5.41) is 10.7. The number of carbonyl (C=O) groups excluding carboxylic acids is 1. The second-order valence-corrected chi connectivity index (χ2v) is 4.91. The van der Waals surface area contributed by atoms with Crippen molar-refractivity contribution in [3.63, 3.8) is 0 Å². The Balaban J connectivity index is 2.15. The zero-order chi connectivity index (χ0) is 12.0. The molecule has 0 bridgehead atoms. The smallest absolute Gasteiger partial charge is 0.322 e. The average molecular weight is 241 g/mol. The highest BCUT2D eigenvalue weighted by Gasteiger charge is 2.04. The molecule has 0 aliphatic carbocycles. The number of rotatable bonds is 6. The molecule has 0 saturated heterocycles. The Kier molecular flexibility index (Phi) is 4.98. The fourth-order valence-electron chi connectivity index (χ4n) is 1.31. The van der Waals surface area contributed by atoms with E-state index in [2.05, 4.69) is 17.4 Å². The summed E-state index contributed by atoms with van der Waals surface area (Å²) in [6.07, 6.45) is 2.01. The van der Waals surface area contributed by atoms with Crippen LogP contribution < -0.4 is 5.32 Å². The van der Waals surface area contributed by atoms with Gasteiger partial charge in [0, 0.05) is 16.2 Å². The van der Waals surface area contributed by atoms with Crippen molar-refractivity contribution >= 4 is 23.2 Å². The van der Waals surface area contributed by atoms with E-state index in [1.54, 1.807) is 11.3 Å². The normalized spacial score (nSPS) is 10.1. The first-order valence-corrected chi connectivity index (χ1v) is 5.93. The van der Waals surface area contributed by atoms with E-state index in [9.17, 15) is 9.59 Å². The number of hydrogen-bond donors (Lipinski definition) is 2. The number of aryl methyl sites for hydroxylation is 2. The van der Waals surface area contributed by atoms with Crippen LogP contribution >= 0.6 is 11.3 Å². The molecule has 0 atom stereocenters. The highest BCUT2D eigenvalue weighted by atomic mass is 32.1. The van der Waals surface area contributed by atoms with Gasteiger partial charge in [0.1, 0.15) is 6.54 Å². The van der Waals surface area contributed by atoms with Crippen LogP contribution in [0.5, 0.6) is 0 Å². The molecule has 0 aliphatic rings. The van der Waals surface area contributed by atoms with Gasteiger partial charge in [0.15, 0.2) is 0 Å². The quantitative estimate of drug-likeness (QED) is 0.794. The van der Waals surface area contributed by atoms with Gasteiger partial charge < -0.3 is 10.4 Å². The Hall–Kier alpha value is -1.36. The van der Waals surface area contributed by atoms with Crippen LogP contribution in [-0.2, 0) is 16.0 Å². The zero-order valence-corrected chi connectivity index (χ0v) is 9.97. The molecule has 1 aromatic heterocycles. The minimum absolute atomic E-state index is 0.198. The van der Waals surface area contributed by atoms with Gasteiger partial charge in [0.05, 0.1) is 0 Å². The summed E-state index contributed by atoms with van der Waals surface area (Å²) in [4.78, 5) is 23.9. The lowest BCUT2D eigenvalue weighted by Gasteiger charge is -2.01. The molecule has 1 aromatic rings. The largest absolute Gasteiger partial charge is 0.480 e. The van der Waals surface area contributed by atoms with Gasteiger partial charge in [-0.1, -0.05) is 0 Å². The van der Waals surface area contributed by atoms with Crippen molar-refractivity contribution in [1.29, 1.82) is 0 Å². The molecule has 1 rings (SSSR count). The van der Waals surface area contributed by atoms with Crippen LogP contribution in [0.2, 0.25) is 0 Å². The summed E-state index contributed by atoms with van der Waals surface area (Å²) >= 11 is 1.73. The van der Waals surface area contributed by atoms with Gasteiger partial charge in [0.2, 0.25) is 5.91 Å². The van der Waals surface area contributed by atoms with Crippen LogP contribution in [0, 0.1) is 6.92 Å². The van der Waals surface area contributed by atoms with Gasteiger partial charge in [0.25, 0.3) is 0 Å². The van der Waals surface area contributed by atoms with Gasteiger partial charge in [-0.25, -0.2) is 0 Å². The molecular weight excluding hydrogens is 226 g/mol. The number of amides is 1. The lowest BCUT2D eigenvalue weighted by Crippen LogP contribution is -2.28. The van der Waals surface area contributed by atoms with Crippen molar-refractivity contribution in [1.82, 2.24) is 5.32 Å². The van der Waals surface area contributed by atoms with Crippen molar-refractivity contribution in [2.75, 3.05) is 6.54 Å². The van der Waals surface area contributed by atoms with Gasteiger partial charge in [-0.15, -0.1) is 11.3 Å². The number of carbonyl (C=O) groups is 2. The minimum atomic E-state index is -1.01. The molecule has 2 N–H and O–H groups in total. The Labute approximate surface area is 98.3 Å². The number of hydrogen-bond acceptors (Lipinski definition) is 3. The van der Waals surface area contributed by atoms with E-state index < -0.39 is 5.97 Å². The molecule has 88 valence electrons. The number of carboxylic acid groups (broad SMARTS) is 1. The van der Waals surface area contributed by atoms with Gasteiger partial charge in [-0.3, -0.25) is 9.59 Å². The number of nitrogens with one attached hydrogen (secondary N) is 1. The molecule has 5 heteroatoms. The maximum atomic E-state index is 11.2. The van der Waals surface area contributed by atoms with Crippen molar-refractivity contribution in [2.24, 2.45) is 0 Å². The topological polar surface area (TPSA) is 66.4 Å². The fourth-order valence-corrected chi connectivity index (χ4v) is 2.24. The van der Waals surface area contributed by atoms with Crippen molar-refractivity contribution in [3.8, 4) is 0 Å². The summed E-state index contributed by atoms with van der Waals surface area (Å²) in [5.74, 6) is -1.21. The first-order chi connectivity index (χ1) is 7.58. The maximum Gasteiger partial charge on any atom is 0.322 e. The SMILES string of the molecule is Cc1ccc(CCCC(=O)NCC(=O)O)s1. The molecule has 0 saturated carbocycles. The highest BCUT2D eigenvalue weighted by Crippen LogP contribution is 2.17. The van der Waals surface area contributed by atoms with Crippen molar-refractivity contribution in [2.45, 2.75) is 26.2 Å². The van der Waals surface area contributed by atoms with E-state index in [0.29, 0.717) is 6.42 Å². The van der Waals surface area contributed by atoms with E-state index in [1.807, 2.05) is 6.92 Å². The monoisotopic (exact) mass is 241 g/mol. The summed E-state index contributed by atoms with van der Waals surface area (Å²) in [6.45, 7) is 1.75. The molecule has 0 unspecified atom stereocenters. The molecule has 1 amide bonds. The highest BCUT2D eigenvalue weighted by molar-refractivity contribution is 7.11. The molecule has 1 heterocycles. The van der Waals surface area contributed by atoms with E-state index in [1.165, 1.54) is 9.75 Å². The van der Waals surface area contributed by atoms with Crippen molar-refractivity contribution in [3.05, 3.63) is 21.9 Å². The van der Waals surface area contributed by atoms with Crippen LogP contribution in [-0.4, -0.2) is 23.5 Å². The van der Waals surface area contributed by atoms with E-state index in [4.69, 9.17) is 5.11 Å². The Bertz CT molecular complexity index is 373. The van der Waals surface area contributed by atoms with Gasteiger partial charge >= 0.3 is 5.97 Å². The van der Waals surface area contributed by atoms with Crippen LogP contribution in [0.3, 0.4) is 0 Å². The van der Waals surface area contributed by atoms with E-state index in [-0.39, 0.29) is 12.5 Å². The predicted molar refractivity (Wildman–Crippen MR) is 62.6 cm³/mol. The molecule has 0 spiro atoms. The third kappa shape index (κ3) is 4.93. The second-order valence-electron chi connectivity index (χ2n) is 3.54. The molecule has 0 aromatic carbocycles. The van der Waals surface area contributed by atoms with Crippen LogP contribution in [0.4, 0.5) is 0 Å². The number of carboxylic acids is 1. The first-order valence-electron chi connectivity index (χ1n) is 5.12. The second kappa shape index (κ2) is 6.27. The fraction of sp³-hybridized carbons (Fsp3) is 0.455. The Morgan fingerprint density at radius 1 is 1.44 bits per heavy atom. The summed E-state index contributed by atoms with van der Waals surface area (Å²) in [5.41, 5.74) is 0. The third-order valence-electron chi connectivity index (χ3n) is 2.06. The summed E-state index contributed by atoms with van der Waals surface area (Å²) < 4.78 is 0. The van der Waals surface area contributed by atoms with E-state index >= 15 is 0 Å². The maximum absolute atomic E-state index is 11.2. The van der Waals surface area contributed by atoms with Crippen molar-refractivity contribution < 1.29 is 14.7 Å². The molecule has 16 heavy (non-hydrogen) atoms. The summed E-state index contributed by atoms with van der Waals surface area (Å²) in [7, 11) is 0. The lowest BCUT2D eigenvalue weighted by atomic mass is 10.2. The van der Waals surface area contributed by atoms with Gasteiger partial charge in [-0.05, 0) is 31.9 Å². The minimum Gasteiger partial charge on any atom is -0.480 e. The molecule has 0 radical (unpaired) electrons.